The molecular weight excluding hydrogens is 1220 g/mol. The molecule has 10 unspecified atom stereocenters. The summed E-state index contributed by atoms with van der Waals surface area (Å²) in [5.41, 5.74) is 1.56. The van der Waals surface area contributed by atoms with Crippen LogP contribution in [-0.2, 0) is 76.1 Å². The zero-order valence-electron chi connectivity index (χ0n) is 64.2. The lowest BCUT2D eigenvalue weighted by Gasteiger charge is -2.25. The number of epoxide rings is 4. The fraction of sp³-hybridized carbons (Fsp3) is 0.825. The van der Waals surface area contributed by atoms with E-state index in [4.69, 9.17) is 42.6 Å². The number of rotatable bonds is 50. The van der Waals surface area contributed by atoms with Crippen LogP contribution in [0.5, 0.6) is 0 Å². The van der Waals surface area contributed by atoms with E-state index in [2.05, 4.69) is 85.4 Å². The number of carbonyl (C=O) groups is 6. The van der Waals surface area contributed by atoms with Crippen molar-refractivity contribution in [1.29, 1.82) is 0 Å². The first-order valence-corrected chi connectivity index (χ1v) is 38.0. The van der Waals surface area contributed by atoms with Crippen molar-refractivity contribution < 1.29 is 76.1 Å². The van der Waals surface area contributed by atoms with Crippen molar-refractivity contribution in [2.45, 2.75) is 401 Å². The number of carbonyl (C=O) groups excluding carboxylic acids is 6. The highest BCUT2D eigenvalue weighted by molar-refractivity contribution is 5.72. The van der Waals surface area contributed by atoms with Gasteiger partial charge in [0.25, 0.3) is 0 Å². The number of hydrogen-bond donors (Lipinski definition) is 0. The van der Waals surface area contributed by atoms with Crippen LogP contribution < -0.4 is 0 Å². The molecule has 96 heavy (non-hydrogen) atoms. The molecule has 0 N–H and O–H groups in total. The number of methoxy groups -OCH3 is 1. The van der Waals surface area contributed by atoms with E-state index in [1.165, 1.54) is 160 Å². The summed E-state index contributed by atoms with van der Waals surface area (Å²) < 4.78 is 51.9. The molecule has 0 aromatic heterocycles. The minimum absolute atomic E-state index is 0.104. The maximum Gasteiger partial charge on any atom is 0.308 e. The van der Waals surface area contributed by atoms with Crippen molar-refractivity contribution in [3.05, 3.63) is 48.6 Å². The molecule has 4 aliphatic rings. The van der Waals surface area contributed by atoms with E-state index in [9.17, 15) is 28.8 Å². The quantitative estimate of drug-likeness (QED) is 0.0182. The van der Waals surface area contributed by atoms with Gasteiger partial charge in [-0.3, -0.25) is 28.8 Å². The van der Waals surface area contributed by atoms with Gasteiger partial charge in [0.05, 0.1) is 101 Å². The molecule has 0 spiro atoms. The summed E-state index contributed by atoms with van der Waals surface area (Å²) in [5, 5.41) is 0. The number of esters is 6. The van der Waals surface area contributed by atoms with Crippen molar-refractivity contribution in [3.63, 3.8) is 0 Å². The Labute approximate surface area is 586 Å². The summed E-state index contributed by atoms with van der Waals surface area (Å²) in [6.45, 7) is 39.0. The summed E-state index contributed by atoms with van der Waals surface area (Å²) in [6.07, 6.45) is 49.8. The molecule has 4 aliphatic heterocycles. The third kappa shape index (κ3) is 57.5. The van der Waals surface area contributed by atoms with E-state index < -0.39 is 11.2 Å². The van der Waals surface area contributed by atoms with Crippen LogP contribution in [0.15, 0.2) is 48.6 Å². The lowest BCUT2D eigenvalue weighted by Crippen LogP contribution is -2.28. The van der Waals surface area contributed by atoms with E-state index in [1.54, 1.807) is 19.1 Å². The fourth-order valence-electron chi connectivity index (χ4n) is 10.5. The van der Waals surface area contributed by atoms with E-state index in [-0.39, 0.29) is 60.2 Å². The van der Waals surface area contributed by atoms with Crippen LogP contribution in [0.25, 0.3) is 0 Å². The first-order valence-electron chi connectivity index (χ1n) is 38.0. The molecule has 0 aliphatic carbocycles. The molecule has 4 heterocycles. The van der Waals surface area contributed by atoms with E-state index >= 15 is 0 Å². The minimum Gasteiger partial charge on any atom is -0.469 e. The third-order valence-corrected chi connectivity index (χ3v) is 16.8. The normalized spacial score (nSPS) is 20.0. The summed E-state index contributed by atoms with van der Waals surface area (Å²) in [4.78, 5) is 66.8. The molecule has 0 aromatic rings. The second-order valence-corrected chi connectivity index (χ2v) is 27.1. The van der Waals surface area contributed by atoms with Gasteiger partial charge >= 0.3 is 35.8 Å². The van der Waals surface area contributed by atoms with Gasteiger partial charge in [-0.25, -0.2) is 0 Å². The van der Waals surface area contributed by atoms with Crippen LogP contribution in [0, 0.1) is 0 Å². The number of allylic oxidation sites excluding steroid dienone is 4. The van der Waals surface area contributed by atoms with Gasteiger partial charge in [-0.15, -0.1) is 0 Å². The number of unbranched alkanes of at least 4 members (excludes halogenated alkanes) is 18. The molecule has 0 bridgehead atoms. The highest BCUT2D eigenvalue weighted by Gasteiger charge is 2.42. The van der Waals surface area contributed by atoms with Crippen LogP contribution >= 0.6 is 0 Å². The number of hydrogen-bond acceptors (Lipinski definition) is 16. The monoisotopic (exact) mass is 1360 g/mol. The second-order valence-electron chi connectivity index (χ2n) is 27.1. The summed E-state index contributed by atoms with van der Waals surface area (Å²) in [7, 11) is 1.42. The maximum atomic E-state index is 11.3. The molecule has 0 radical (unpaired) electrons. The molecule has 560 valence electrons. The first-order chi connectivity index (χ1) is 45.9. The van der Waals surface area contributed by atoms with Crippen LogP contribution in [-0.4, -0.2) is 123 Å². The number of ether oxygens (including phenoxy) is 10. The molecule has 0 aromatic carbocycles. The standard InChI is InChI=1S/C15H28O3.2C14H26O3.2C13H22O2.C11H20O3/c1-3-5-6-7-8-9-10-13-14(18-13)12-15(16)17-11-4-2;1-3-5-6-7-8-9-10-12-13(17-12)11-14(15)16-4-2;1-3-5-6-7-8-9-12-13(17-12)11-14(15)16-10-4-2;1-6-13(5,15-12(4)14)10-8-7-9-11(2)3;1-6-12(14)15-13(5,7-2)10-8-9-11(3)4;1-3-4-5-6-7-9-10(14-9)8-11(12)13-2/h13-14H,3-12H2,1-2H3;2*12-13H,3-11H2,1-2H3;6,9H,1,7-8,10H2,2-5H3;7,9H,2,6,8,10H2,1,3-5H3;9-10H,3-8H2,1-2H3. The van der Waals surface area contributed by atoms with Crippen molar-refractivity contribution in [3.8, 4) is 0 Å². The maximum absolute atomic E-state index is 11.3. The van der Waals surface area contributed by atoms with Crippen LogP contribution in [0.2, 0.25) is 0 Å². The lowest BCUT2D eigenvalue weighted by molar-refractivity contribution is -0.154. The summed E-state index contributed by atoms with van der Waals surface area (Å²) in [6, 6.07) is 0. The van der Waals surface area contributed by atoms with Gasteiger partial charge in [0.2, 0.25) is 0 Å². The lowest BCUT2D eigenvalue weighted by atomic mass is 9.98. The Bertz CT molecular complexity index is 2080. The van der Waals surface area contributed by atoms with E-state index in [0.717, 1.165) is 70.6 Å². The van der Waals surface area contributed by atoms with Gasteiger partial charge in [-0.05, 0) is 131 Å². The molecule has 0 saturated carbocycles. The summed E-state index contributed by atoms with van der Waals surface area (Å²) in [5.74, 6) is -0.916. The first kappa shape index (κ1) is 93.7. The second kappa shape index (κ2) is 60.6. The molecule has 4 rings (SSSR count). The van der Waals surface area contributed by atoms with Crippen LogP contribution in [0.4, 0.5) is 0 Å². The highest BCUT2D eigenvalue weighted by atomic mass is 16.6. The van der Waals surface area contributed by atoms with Crippen molar-refractivity contribution in [2.75, 3.05) is 26.9 Å². The Morgan fingerprint density at radius 3 is 1.01 bits per heavy atom. The van der Waals surface area contributed by atoms with Gasteiger partial charge in [0.15, 0.2) is 0 Å². The molecule has 16 heteroatoms. The largest absolute Gasteiger partial charge is 0.469 e. The average molecular weight is 1360 g/mol. The smallest absolute Gasteiger partial charge is 0.308 e. The molecule has 16 nitrogen and oxygen atoms in total. The molecule has 4 saturated heterocycles. The Morgan fingerprint density at radius 1 is 0.375 bits per heavy atom. The van der Waals surface area contributed by atoms with E-state index in [1.807, 2.05) is 34.6 Å². The molecule has 0 amide bonds. The SMILES string of the molecule is C=CC(C)(CCC=C(C)C)OC(=O)CC.C=CC(C)(CCCC=C(C)C)OC(C)=O.CCCCCCC1OC1CC(=O)OC.CCCCCCCC1OC1CC(=O)OCCC.CCCCCCCCC1OC1CC(=O)OCC.CCCCCCCCC1OC1CC(=O)OCCC. The Morgan fingerprint density at radius 2 is 0.698 bits per heavy atom. The zero-order valence-corrected chi connectivity index (χ0v) is 64.2. The van der Waals surface area contributed by atoms with Crippen molar-refractivity contribution in [2.24, 2.45) is 0 Å². The van der Waals surface area contributed by atoms with Crippen molar-refractivity contribution in [1.82, 2.24) is 0 Å². The van der Waals surface area contributed by atoms with Crippen LogP contribution in [0.1, 0.15) is 341 Å². The van der Waals surface area contributed by atoms with E-state index in [0.29, 0.717) is 76.3 Å². The average Bonchev–Trinajstić information content (AvgIpc) is 1.74. The predicted molar refractivity (Wildman–Crippen MR) is 390 cm³/mol. The Balaban J connectivity index is 0. The van der Waals surface area contributed by atoms with Gasteiger partial charge in [-0.2, -0.15) is 0 Å². The predicted octanol–water partition coefficient (Wildman–Crippen LogP) is 20.3. The topological polar surface area (TPSA) is 208 Å². The third-order valence-electron chi connectivity index (χ3n) is 16.8. The Kier molecular flexibility index (Phi) is 59.1. The zero-order chi connectivity index (χ0) is 72.4. The van der Waals surface area contributed by atoms with Gasteiger partial charge < -0.3 is 47.4 Å². The Hall–Kier alpha value is -4.38. The van der Waals surface area contributed by atoms with Crippen molar-refractivity contribution >= 4 is 35.8 Å². The van der Waals surface area contributed by atoms with Gasteiger partial charge in [-0.1, -0.05) is 220 Å². The van der Waals surface area contributed by atoms with Crippen LogP contribution in [0.3, 0.4) is 0 Å². The molecule has 10 atom stereocenters. The van der Waals surface area contributed by atoms with Gasteiger partial charge in [0.1, 0.15) is 11.2 Å². The summed E-state index contributed by atoms with van der Waals surface area (Å²) >= 11 is 0. The molecule has 4 fully saturated rings. The minimum atomic E-state index is -0.529. The highest BCUT2D eigenvalue weighted by Crippen LogP contribution is 2.34. The molecular formula is C80H144O16. The van der Waals surface area contributed by atoms with Gasteiger partial charge in [0, 0.05) is 13.3 Å². The fourth-order valence-corrected chi connectivity index (χ4v) is 10.5.